The van der Waals surface area contributed by atoms with Gasteiger partial charge >= 0.3 is 5.97 Å². The van der Waals surface area contributed by atoms with Crippen molar-refractivity contribution in [3.05, 3.63) is 94.5 Å². The molecule has 0 saturated carbocycles. The summed E-state index contributed by atoms with van der Waals surface area (Å²) in [7, 11) is 0. The van der Waals surface area contributed by atoms with Crippen molar-refractivity contribution in [2.45, 2.75) is 25.8 Å². The monoisotopic (exact) mass is 405 g/mol. The van der Waals surface area contributed by atoms with E-state index in [1.807, 2.05) is 54.6 Å². The molecule has 6 heteroatoms. The molecule has 2 atom stereocenters. The quantitative estimate of drug-likeness (QED) is 0.595. The Morgan fingerprint density at radius 1 is 1.00 bits per heavy atom. The molecule has 3 aromatic rings. The first-order chi connectivity index (χ1) is 14.4. The fourth-order valence-corrected chi connectivity index (χ4v) is 3.23. The molecule has 0 spiro atoms. The molecule has 2 N–H and O–H groups in total. The first kappa shape index (κ1) is 21.0. The highest BCUT2D eigenvalue weighted by Gasteiger charge is 2.22. The lowest BCUT2D eigenvalue weighted by molar-refractivity contribution is -0.141. The molecule has 30 heavy (non-hydrogen) atoms. The number of benzene rings is 2. The van der Waals surface area contributed by atoms with E-state index >= 15 is 0 Å². The lowest BCUT2D eigenvalue weighted by atomic mass is 9.95. The van der Waals surface area contributed by atoms with Crippen LogP contribution >= 0.6 is 0 Å². The van der Waals surface area contributed by atoms with Gasteiger partial charge in [-0.25, -0.2) is 0 Å². The maximum Gasteiger partial charge on any atom is 0.306 e. The summed E-state index contributed by atoms with van der Waals surface area (Å²) < 4.78 is 5.11. The number of hydrogen-bond donors (Lipinski definition) is 2. The highest BCUT2D eigenvalue weighted by atomic mass is 16.4. The van der Waals surface area contributed by atoms with Crippen molar-refractivity contribution in [1.29, 1.82) is 0 Å². The molecular weight excluding hydrogens is 382 g/mol. The maximum absolute atomic E-state index is 12.5. The molecule has 0 aliphatic heterocycles. The fraction of sp³-hybridized carbons (Fsp3) is 0.208. The van der Waals surface area contributed by atoms with Crippen LogP contribution in [0.5, 0.6) is 0 Å². The van der Waals surface area contributed by atoms with Crippen LogP contribution in [0.1, 0.15) is 29.5 Å². The van der Waals surface area contributed by atoms with E-state index in [2.05, 4.69) is 5.32 Å². The van der Waals surface area contributed by atoms with E-state index in [-0.39, 0.29) is 17.6 Å². The van der Waals surface area contributed by atoms with Crippen molar-refractivity contribution in [3.8, 4) is 11.1 Å². The van der Waals surface area contributed by atoms with Crippen LogP contribution < -0.4 is 10.7 Å². The summed E-state index contributed by atoms with van der Waals surface area (Å²) in [5, 5.41) is 12.1. The van der Waals surface area contributed by atoms with Gasteiger partial charge in [-0.15, -0.1) is 0 Å². The van der Waals surface area contributed by atoms with Crippen molar-refractivity contribution < 1.29 is 19.1 Å². The maximum atomic E-state index is 12.5. The van der Waals surface area contributed by atoms with Gasteiger partial charge in [0, 0.05) is 18.2 Å². The molecule has 0 aliphatic rings. The molecule has 0 fully saturated rings. The van der Waals surface area contributed by atoms with E-state index in [0.717, 1.165) is 29.0 Å². The smallest absolute Gasteiger partial charge is 0.306 e. The van der Waals surface area contributed by atoms with Crippen LogP contribution in [0.3, 0.4) is 0 Å². The van der Waals surface area contributed by atoms with Crippen molar-refractivity contribution in [2.24, 2.45) is 5.92 Å². The third-order valence-electron chi connectivity index (χ3n) is 4.86. The van der Waals surface area contributed by atoms with Crippen molar-refractivity contribution in [1.82, 2.24) is 5.32 Å². The summed E-state index contributed by atoms with van der Waals surface area (Å²) in [5.74, 6) is -2.22. The average molecular weight is 405 g/mol. The third-order valence-corrected chi connectivity index (χ3v) is 4.86. The van der Waals surface area contributed by atoms with E-state index in [0.29, 0.717) is 6.42 Å². The number of carboxylic acids is 1. The van der Waals surface area contributed by atoms with Crippen LogP contribution in [-0.2, 0) is 11.2 Å². The number of nitrogens with one attached hydrogen (secondary N) is 1. The Kier molecular flexibility index (Phi) is 6.80. The Labute approximate surface area is 174 Å². The molecule has 0 bridgehead atoms. The molecule has 1 amide bonds. The predicted octanol–water partition coefficient (Wildman–Crippen LogP) is 3.76. The zero-order valence-electron chi connectivity index (χ0n) is 16.6. The first-order valence-electron chi connectivity index (χ1n) is 9.69. The van der Waals surface area contributed by atoms with Gasteiger partial charge in [0.05, 0.1) is 12.2 Å². The SMILES string of the molecule is C[C@H](CC(Cc1ccc(-c2ccccc2)cc1)NC(=O)c1cc(=O)cco1)C(=O)O. The van der Waals surface area contributed by atoms with Crippen LogP contribution in [0.2, 0.25) is 0 Å². The Bertz CT molecular complexity index is 1060. The standard InChI is InChI=1S/C24H23NO5/c1-16(24(28)29)13-20(25-23(27)22-15-21(26)11-12-30-22)14-17-7-9-19(10-8-17)18-5-3-2-4-6-18/h2-12,15-16,20H,13-14H2,1H3,(H,25,27)(H,28,29)/t16-,20?/m1/s1. The highest BCUT2D eigenvalue weighted by Crippen LogP contribution is 2.20. The van der Waals surface area contributed by atoms with Gasteiger partial charge in [0.1, 0.15) is 0 Å². The van der Waals surface area contributed by atoms with E-state index in [9.17, 15) is 19.5 Å². The predicted molar refractivity (Wildman–Crippen MR) is 113 cm³/mol. The summed E-state index contributed by atoms with van der Waals surface area (Å²) in [6.45, 7) is 1.60. The van der Waals surface area contributed by atoms with Crippen LogP contribution in [0.4, 0.5) is 0 Å². The molecular formula is C24H23NO5. The van der Waals surface area contributed by atoms with Gasteiger partial charge in [-0.2, -0.15) is 0 Å². The highest BCUT2D eigenvalue weighted by molar-refractivity contribution is 5.91. The number of carbonyl (C=O) groups is 2. The van der Waals surface area contributed by atoms with E-state index in [1.54, 1.807) is 6.92 Å². The second-order valence-corrected chi connectivity index (χ2v) is 7.24. The van der Waals surface area contributed by atoms with Gasteiger partial charge in [-0.1, -0.05) is 61.5 Å². The van der Waals surface area contributed by atoms with Crippen LogP contribution in [0.15, 0.2) is 82.2 Å². The minimum Gasteiger partial charge on any atom is -0.481 e. The van der Waals surface area contributed by atoms with Gasteiger partial charge in [-0.3, -0.25) is 14.4 Å². The second-order valence-electron chi connectivity index (χ2n) is 7.24. The number of hydrogen-bond acceptors (Lipinski definition) is 4. The molecule has 0 radical (unpaired) electrons. The minimum absolute atomic E-state index is 0.102. The molecule has 0 saturated heterocycles. The van der Waals surface area contributed by atoms with Crippen LogP contribution in [-0.4, -0.2) is 23.0 Å². The Morgan fingerprint density at radius 3 is 2.30 bits per heavy atom. The molecule has 2 aromatic carbocycles. The van der Waals surface area contributed by atoms with Crippen molar-refractivity contribution >= 4 is 11.9 Å². The third kappa shape index (κ3) is 5.67. The number of rotatable bonds is 8. The Morgan fingerprint density at radius 2 is 1.67 bits per heavy atom. The zero-order chi connectivity index (χ0) is 21.5. The van der Waals surface area contributed by atoms with Crippen molar-refractivity contribution in [2.75, 3.05) is 0 Å². The second kappa shape index (κ2) is 9.69. The molecule has 0 aliphatic carbocycles. The van der Waals surface area contributed by atoms with E-state index in [1.165, 1.54) is 6.07 Å². The first-order valence-corrected chi connectivity index (χ1v) is 9.69. The molecule has 1 aromatic heterocycles. The average Bonchev–Trinajstić information content (AvgIpc) is 2.74. The van der Waals surface area contributed by atoms with E-state index < -0.39 is 23.8 Å². The number of amides is 1. The van der Waals surface area contributed by atoms with Gasteiger partial charge in [0.15, 0.2) is 11.2 Å². The van der Waals surface area contributed by atoms with Crippen LogP contribution in [0, 0.1) is 5.92 Å². The summed E-state index contributed by atoms with van der Waals surface area (Å²) in [4.78, 5) is 35.3. The number of carboxylic acid groups (broad SMARTS) is 1. The number of carbonyl (C=O) groups excluding carboxylic acids is 1. The summed E-state index contributed by atoms with van der Waals surface area (Å²) >= 11 is 0. The summed E-state index contributed by atoms with van der Waals surface area (Å²) in [6, 6.07) is 19.8. The largest absolute Gasteiger partial charge is 0.481 e. The summed E-state index contributed by atoms with van der Waals surface area (Å²) in [6.07, 6.45) is 1.86. The summed E-state index contributed by atoms with van der Waals surface area (Å²) in [5.41, 5.74) is 2.81. The molecule has 3 rings (SSSR count). The molecule has 154 valence electrons. The zero-order valence-corrected chi connectivity index (χ0v) is 16.6. The van der Waals surface area contributed by atoms with Gasteiger partial charge < -0.3 is 14.8 Å². The van der Waals surface area contributed by atoms with Gasteiger partial charge in [-0.05, 0) is 29.5 Å². The lowest BCUT2D eigenvalue weighted by Crippen LogP contribution is -2.38. The van der Waals surface area contributed by atoms with E-state index in [4.69, 9.17) is 4.42 Å². The lowest BCUT2D eigenvalue weighted by Gasteiger charge is -2.21. The Balaban J connectivity index is 1.75. The topological polar surface area (TPSA) is 96.6 Å². The van der Waals surface area contributed by atoms with Crippen LogP contribution in [0.25, 0.3) is 11.1 Å². The Hall–Kier alpha value is -3.67. The normalized spacial score (nSPS) is 12.7. The van der Waals surface area contributed by atoms with Gasteiger partial charge in [0.25, 0.3) is 5.91 Å². The van der Waals surface area contributed by atoms with Gasteiger partial charge in [0.2, 0.25) is 0 Å². The molecule has 1 heterocycles. The minimum atomic E-state index is -0.931. The number of aliphatic carboxylic acids is 1. The molecule has 6 nitrogen and oxygen atoms in total. The molecule has 1 unspecified atom stereocenters. The van der Waals surface area contributed by atoms with Crippen molar-refractivity contribution in [3.63, 3.8) is 0 Å². The fourth-order valence-electron chi connectivity index (χ4n) is 3.23.